The Kier molecular flexibility index (Phi) is 5.25. The zero-order chi connectivity index (χ0) is 14.4. The van der Waals surface area contributed by atoms with Crippen LogP contribution in [0.25, 0.3) is 0 Å². The number of nitrogens with two attached hydrogens (primary N) is 1. The predicted molar refractivity (Wildman–Crippen MR) is 69.8 cm³/mol. The van der Waals surface area contributed by atoms with Crippen LogP contribution in [0.4, 0.5) is 5.69 Å². The maximum Gasteiger partial charge on any atom is 0.310 e. The Labute approximate surface area is 111 Å². The molecule has 19 heavy (non-hydrogen) atoms. The first-order chi connectivity index (χ1) is 8.95. The molecule has 0 atom stereocenters. The van der Waals surface area contributed by atoms with Gasteiger partial charge in [-0.2, -0.15) is 0 Å². The van der Waals surface area contributed by atoms with Crippen LogP contribution in [0.2, 0.25) is 0 Å². The molecule has 7 heteroatoms. The Hall–Kier alpha value is -2.15. The van der Waals surface area contributed by atoms with E-state index in [0.29, 0.717) is 0 Å². The zero-order valence-corrected chi connectivity index (χ0v) is 11.0. The van der Waals surface area contributed by atoms with Crippen molar-refractivity contribution in [3.63, 3.8) is 0 Å². The third kappa shape index (κ3) is 4.22. The van der Waals surface area contributed by atoms with Gasteiger partial charge in [0.1, 0.15) is 0 Å². The molecule has 0 fully saturated rings. The number of nitrogens with zero attached hydrogens (tertiary/aromatic N) is 2. The van der Waals surface area contributed by atoms with Gasteiger partial charge < -0.3 is 15.4 Å². The van der Waals surface area contributed by atoms with Crippen LogP contribution in [-0.4, -0.2) is 36.4 Å². The van der Waals surface area contributed by atoms with Crippen molar-refractivity contribution in [3.8, 4) is 5.75 Å². The van der Waals surface area contributed by atoms with Crippen molar-refractivity contribution < 1.29 is 14.5 Å². The molecule has 0 saturated carbocycles. The van der Waals surface area contributed by atoms with Crippen molar-refractivity contribution in [1.82, 2.24) is 4.90 Å². The molecule has 104 valence electrons. The first-order valence-corrected chi connectivity index (χ1v) is 5.76. The lowest BCUT2D eigenvalue weighted by molar-refractivity contribution is -0.385. The van der Waals surface area contributed by atoms with E-state index in [1.165, 1.54) is 17.0 Å². The van der Waals surface area contributed by atoms with Crippen LogP contribution in [0.3, 0.4) is 0 Å². The van der Waals surface area contributed by atoms with Crippen molar-refractivity contribution in [3.05, 3.63) is 33.9 Å². The monoisotopic (exact) mass is 267 g/mol. The average Bonchev–Trinajstić information content (AvgIpc) is 2.37. The Morgan fingerprint density at radius 2 is 2.16 bits per heavy atom. The molecular weight excluding hydrogens is 250 g/mol. The minimum absolute atomic E-state index is 0.0892. The molecule has 0 saturated heterocycles. The van der Waals surface area contributed by atoms with Gasteiger partial charge in [0, 0.05) is 26.7 Å². The molecule has 0 unspecified atom stereocenters. The minimum Gasteiger partial charge on any atom is -0.486 e. The largest absolute Gasteiger partial charge is 0.486 e. The second-order valence-electron chi connectivity index (χ2n) is 4.15. The van der Waals surface area contributed by atoms with Crippen LogP contribution < -0.4 is 10.5 Å². The number of hydrogen-bond acceptors (Lipinski definition) is 5. The fourth-order valence-corrected chi connectivity index (χ4v) is 1.42. The second-order valence-corrected chi connectivity index (χ2v) is 4.15. The van der Waals surface area contributed by atoms with Gasteiger partial charge in [-0.1, -0.05) is 6.07 Å². The van der Waals surface area contributed by atoms with Gasteiger partial charge >= 0.3 is 5.69 Å². The van der Waals surface area contributed by atoms with Crippen LogP contribution in [0.1, 0.15) is 12.0 Å². The molecule has 1 rings (SSSR count). The highest BCUT2D eigenvalue weighted by atomic mass is 16.6. The van der Waals surface area contributed by atoms with Crippen LogP contribution in [0.15, 0.2) is 18.2 Å². The Morgan fingerprint density at radius 1 is 1.47 bits per heavy atom. The van der Waals surface area contributed by atoms with Crippen LogP contribution >= 0.6 is 0 Å². The van der Waals surface area contributed by atoms with E-state index in [4.69, 9.17) is 10.5 Å². The molecule has 0 aromatic heterocycles. The van der Waals surface area contributed by atoms with E-state index in [9.17, 15) is 14.9 Å². The molecule has 7 nitrogen and oxygen atoms in total. The van der Waals surface area contributed by atoms with Gasteiger partial charge in [0.15, 0.2) is 5.75 Å². The van der Waals surface area contributed by atoms with Gasteiger partial charge in [0.2, 0.25) is 5.91 Å². The Morgan fingerprint density at radius 3 is 2.68 bits per heavy atom. The van der Waals surface area contributed by atoms with Gasteiger partial charge in [-0.25, -0.2) is 0 Å². The predicted octanol–water partition coefficient (Wildman–Crippen LogP) is 0.911. The molecule has 1 aromatic rings. The molecule has 0 radical (unpaired) electrons. The van der Waals surface area contributed by atoms with E-state index in [2.05, 4.69) is 0 Å². The van der Waals surface area contributed by atoms with E-state index >= 15 is 0 Å². The lowest BCUT2D eigenvalue weighted by Gasteiger charge is -2.11. The van der Waals surface area contributed by atoms with Crippen LogP contribution in [0.5, 0.6) is 5.75 Å². The Bertz CT molecular complexity index is 474. The van der Waals surface area contributed by atoms with Gasteiger partial charge in [-0.15, -0.1) is 0 Å². The highest BCUT2D eigenvalue weighted by Crippen LogP contribution is 2.27. The van der Waals surface area contributed by atoms with Gasteiger partial charge in [-0.3, -0.25) is 14.9 Å². The summed E-state index contributed by atoms with van der Waals surface area (Å²) in [4.78, 5) is 23.1. The van der Waals surface area contributed by atoms with E-state index in [-0.39, 0.29) is 36.9 Å². The van der Waals surface area contributed by atoms with Gasteiger partial charge in [0.25, 0.3) is 0 Å². The highest BCUT2D eigenvalue weighted by molar-refractivity contribution is 5.75. The summed E-state index contributed by atoms with van der Waals surface area (Å²) < 4.78 is 5.32. The van der Waals surface area contributed by atoms with Crippen molar-refractivity contribution in [2.45, 2.75) is 13.0 Å². The van der Waals surface area contributed by atoms with Gasteiger partial charge in [0.05, 0.1) is 18.0 Å². The standard InChI is InChI=1S/C12H17N3O4/c1-14(2)12(16)5-6-19-11-7-9(8-13)3-4-10(11)15(17)18/h3-4,7H,5-6,8,13H2,1-2H3. The molecule has 0 aliphatic carbocycles. The molecule has 0 heterocycles. The van der Waals surface area contributed by atoms with Crippen LogP contribution in [0, 0.1) is 10.1 Å². The lowest BCUT2D eigenvalue weighted by Crippen LogP contribution is -2.23. The maximum atomic E-state index is 11.4. The summed E-state index contributed by atoms with van der Waals surface area (Å²) in [5, 5.41) is 10.8. The smallest absolute Gasteiger partial charge is 0.310 e. The third-order valence-corrected chi connectivity index (χ3v) is 2.53. The highest BCUT2D eigenvalue weighted by Gasteiger charge is 2.16. The third-order valence-electron chi connectivity index (χ3n) is 2.53. The molecular formula is C12H17N3O4. The fraction of sp³-hybridized carbons (Fsp3) is 0.417. The van der Waals surface area contributed by atoms with Crippen molar-refractivity contribution in [1.29, 1.82) is 0 Å². The van der Waals surface area contributed by atoms with E-state index < -0.39 is 4.92 Å². The molecule has 0 bridgehead atoms. The molecule has 1 aromatic carbocycles. The fourth-order valence-electron chi connectivity index (χ4n) is 1.42. The number of benzene rings is 1. The Balaban J connectivity index is 2.75. The number of nitro benzene ring substituents is 1. The molecule has 1 amide bonds. The maximum absolute atomic E-state index is 11.4. The summed E-state index contributed by atoms with van der Waals surface area (Å²) in [5.74, 6) is 0.0390. The number of ether oxygens (including phenoxy) is 1. The summed E-state index contributed by atoms with van der Waals surface area (Å²) in [6, 6.07) is 4.46. The lowest BCUT2D eigenvalue weighted by atomic mass is 10.2. The number of carbonyl (C=O) groups excluding carboxylic acids is 1. The minimum atomic E-state index is -0.524. The number of carbonyl (C=O) groups is 1. The number of hydrogen-bond donors (Lipinski definition) is 1. The summed E-state index contributed by atoms with van der Waals surface area (Å²) >= 11 is 0. The molecule has 0 aliphatic rings. The topological polar surface area (TPSA) is 98.7 Å². The quantitative estimate of drug-likeness (QED) is 0.610. The van der Waals surface area contributed by atoms with Gasteiger partial charge in [-0.05, 0) is 11.6 Å². The van der Waals surface area contributed by atoms with E-state index in [0.717, 1.165) is 5.56 Å². The molecule has 2 N–H and O–H groups in total. The second kappa shape index (κ2) is 6.69. The van der Waals surface area contributed by atoms with E-state index in [1.807, 2.05) is 0 Å². The van der Waals surface area contributed by atoms with Crippen molar-refractivity contribution in [2.75, 3.05) is 20.7 Å². The van der Waals surface area contributed by atoms with Crippen molar-refractivity contribution in [2.24, 2.45) is 5.73 Å². The normalized spacial score (nSPS) is 10.1. The first-order valence-electron chi connectivity index (χ1n) is 5.76. The zero-order valence-electron chi connectivity index (χ0n) is 11.0. The molecule has 0 spiro atoms. The van der Waals surface area contributed by atoms with E-state index in [1.54, 1.807) is 20.2 Å². The summed E-state index contributed by atoms with van der Waals surface area (Å²) in [5.41, 5.74) is 6.08. The molecule has 0 aliphatic heterocycles. The number of nitro groups is 1. The number of amides is 1. The van der Waals surface area contributed by atoms with Crippen LogP contribution in [-0.2, 0) is 11.3 Å². The summed E-state index contributed by atoms with van der Waals surface area (Å²) in [7, 11) is 3.28. The SMILES string of the molecule is CN(C)C(=O)CCOc1cc(CN)ccc1[N+](=O)[O-]. The first kappa shape index (κ1) is 14.9. The average molecular weight is 267 g/mol. The summed E-state index contributed by atoms with van der Waals surface area (Å²) in [6.45, 7) is 0.358. The number of rotatable bonds is 6. The summed E-state index contributed by atoms with van der Waals surface area (Å²) in [6.07, 6.45) is 0.164. The van der Waals surface area contributed by atoms with Crippen molar-refractivity contribution >= 4 is 11.6 Å².